The number of halogens is 2. The molecule has 1 aromatic carbocycles. The fourth-order valence-corrected chi connectivity index (χ4v) is 2.90. The van der Waals surface area contributed by atoms with Crippen LogP contribution in [0.1, 0.15) is 22.3 Å². The van der Waals surface area contributed by atoms with Crippen molar-refractivity contribution in [1.82, 2.24) is 14.9 Å². The zero-order chi connectivity index (χ0) is 18.8. The van der Waals surface area contributed by atoms with Crippen LogP contribution in [0.25, 0.3) is 0 Å². The third kappa shape index (κ3) is 4.34. The number of aromatic nitrogens is 2. The van der Waals surface area contributed by atoms with Crippen LogP contribution in [0, 0.1) is 0 Å². The SMILES string of the molecule is Cl.NC[C@H]1O[C@@H](n2cnc(C(=O)NCc3ccc(Cl)cc3)c2N)[C@H](O)[C@@H]1O. The molecule has 0 spiro atoms. The molecule has 1 saturated heterocycles. The van der Waals surface area contributed by atoms with Crippen LogP contribution >= 0.6 is 24.0 Å². The van der Waals surface area contributed by atoms with Crippen LogP contribution in [-0.4, -0.2) is 50.5 Å². The van der Waals surface area contributed by atoms with E-state index in [0.717, 1.165) is 5.56 Å². The van der Waals surface area contributed by atoms with Gasteiger partial charge in [0.2, 0.25) is 0 Å². The Hall–Kier alpha value is -1.88. The molecule has 11 heteroatoms. The maximum atomic E-state index is 12.3. The Balaban J connectivity index is 0.00000261. The summed E-state index contributed by atoms with van der Waals surface area (Å²) in [6, 6.07) is 7.04. The number of benzene rings is 1. The van der Waals surface area contributed by atoms with Crippen molar-refractivity contribution in [2.45, 2.75) is 31.1 Å². The van der Waals surface area contributed by atoms with Crippen LogP contribution in [0.4, 0.5) is 5.82 Å². The molecular formula is C16H21Cl2N5O4. The Labute approximate surface area is 166 Å². The molecule has 0 bridgehead atoms. The highest BCUT2D eigenvalue weighted by atomic mass is 35.5. The van der Waals surface area contributed by atoms with Gasteiger partial charge in [-0.2, -0.15) is 0 Å². The topological polar surface area (TPSA) is 149 Å². The van der Waals surface area contributed by atoms with Crippen LogP contribution in [0.15, 0.2) is 30.6 Å². The average molecular weight is 418 g/mol. The van der Waals surface area contributed by atoms with E-state index in [-0.39, 0.29) is 37.0 Å². The van der Waals surface area contributed by atoms with Gasteiger partial charge in [0, 0.05) is 18.1 Å². The van der Waals surface area contributed by atoms with Crippen molar-refractivity contribution in [3.8, 4) is 0 Å². The maximum Gasteiger partial charge on any atom is 0.273 e. The van der Waals surface area contributed by atoms with Gasteiger partial charge in [0.25, 0.3) is 5.91 Å². The number of aliphatic hydroxyl groups excluding tert-OH is 2. The summed E-state index contributed by atoms with van der Waals surface area (Å²) < 4.78 is 6.82. The predicted octanol–water partition coefficient (Wildman–Crippen LogP) is 0.0484. The lowest BCUT2D eigenvalue weighted by molar-refractivity contribution is -0.0330. The minimum Gasteiger partial charge on any atom is -0.387 e. The van der Waals surface area contributed by atoms with E-state index < -0.39 is 30.4 Å². The molecule has 148 valence electrons. The number of carbonyl (C=O) groups is 1. The fraction of sp³-hybridized carbons (Fsp3) is 0.375. The normalized spacial score (nSPS) is 24.4. The lowest BCUT2D eigenvalue weighted by Crippen LogP contribution is -2.35. The summed E-state index contributed by atoms with van der Waals surface area (Å²) in [5, 5.41) is 23.3. The Morgan fingerprint density at radius 3 is 2.56 bits per heavy atom. The molecule has 0 radical (unpaired) electrons. The van der Waals surface area contributed by atoms with Crippen molar-refractivity contribution in [2.75, 3.05) is 12.3 Å². The summed E-state index contributed by atoms with van der Waals surface area (Å²) in [6.45, 7) is 0.316. The van der Waals surface area contributed by atoms with Gasteiger partial charge in [-0.1, -0.05) is 23.7 Å². The summed E-state index contributed by atoms with van der Waals surface area (Å²) in [4.78, 5) is 16.3. The first kappa shape index (κ1) is 21.4. The van der Waals surface area contributed by atoms with Gasteiger partial charge in [-0.15, -0.1) is 12.4 Å². The van der Waals surface area contributed by atoms with Crippen molar-refractivity contribution in [3.05, 3.63) is 46.9 Å². The highest BCUT2D eigenvalue weighted by Crippen LogP contribution is 2.31. The standard InChI is InChI=1S/C16H20ClN5O4.ClH/c17-9-3-1-8(2-4-9)6-20-15(25)11-14(19)22(7-21-11)16-13(24)12(23)10(5-18)26-16;/h1-4,7,10,12-13,16,23-24H,5-6,18-19H2,(H,20,25);1H/t10-,12-,13-,16-;/m1./s1. The maximum absolute atomic E-state index is 12.3. The Morgan fingerprint density at radius 2 is 1.96 bits per heavy atom. The summed E-state index contributed by atoms with van der Waals surface area (Å²) in [5.41, 5.74) is 12.3. The van der Waals surface area contributed by atoms with Crippen LogP contribution in [0.3, 0.4) is 0 Å². The first-order chi connectivity index (χ1) is 12.4. The molecular weight excluding hydrogens is 397 g/mol. The van der Waals surface area contributed by atoms with Crippen LogP contribution in [0.2, 0.25) is 5.02 Å². The third-order valence-electron chi connectivity index (χ3n) is 4.26. The number of carbonyl (C=O) groups excluding carboxylic acids is 1. The molecule has 7 N–H and O–H groups in total. The van der Waals surface area contributed by atoms with E-state index in [0.29, 0.717) is 5.02 Å². The number of nitrogens with one attached hydrogen (secondary N) is 1. The highest BCUT2D eigenvalue weighted by molar-refractivity contribution is 6.30. The minimum atomic E-state index is -1.23. The first-order valence-corrected chi connectivity index (χ1v) is 8.36. The number of hydrogen-bond donors (Lipinski definition) is 5. The average Bonchev–Trinajstić information content (AvgIpc) is 3.14. The van der Waals surface area contributed by atoms with Gasteiger partial charge >= 0.3 is 0 Å². The second-order valence-electron chi connectivity index (χ2n) is 5.98. The van der Waals surface area contributed by atoms with E-state index in [1.165, 1.54) is 10.9 Å². The van der Waals surface area contributed by atoms with Crippen molar-refractivity contribution in [1.29, 1.82) is 0 Å². The first-order valence-electron chi connectivity index (χ1n) is 7.99. The zero-order valence-corrected chi connectivity index (χ0v) is 15.7. The van der Waals surface area contributed by atoms with E-state index >= 15 is 0 Å². The van der Waals surface area contributed by atoms with Crippen molar-refractivity contribution in [3.63, 3.8) is 0 Å². The third-order valence-corrected chi connectivity index (χ3v) is 4.51. The number of amides is 1. The monoisotopic (exact) mass is 417 g/mol. The Bertz CT molecular complexity index is 786. The summed E-state index contributed by atoms with van der Waals surface area (Å²) in [5.74, 6) is -0.452. The molecule has 0 aliphatic carbocycles. The van der Waals surface area contributed by atoms with Gasteiger partial charge in [-0.05, 0) is 17.7 Å². The lowest BCUT2D eigenvalue weighted by atomic mass is 10.1. The highest BCUT2D eigenvalue weighted by Gasteiger charge is 2.43. The van der Waals surface area contributed by atoms with E-state index in [4.69, 9.17) is 27.8 Å². The molecule has 1 aliphatic rings. The number of nitrogens with two attached hydrogens (primary N) is 2. The quantitative estimate of drug-likeness (QED) is 0.461. The van der Waals surface area contributed by atoms with Crippen LogP contribution < -0.4 is 16.8 Å². The molecule has 0 saturated carbocycles. The number of ether oxygens (including phenoxy) is 1. The van der Waals surface area contributed by atoms with E-state index in [1.54, 1.807) is 24.3 Å². The van der Waals surface area contributed by atoms with E-state index in [2.05, 4.69) is 10.3 Å². The second kappa shape index (κ2) is 8.87. The van der Waals surface area contributed by atoms with Crippen LogP contribution in [-0.2, 0) is 11.3 Å². The molecule has 2 heterocycles. The largest absolute Gasteiger partial charge is 0.387 e. The fourth-order valence-electron chi connectivity index (χ4n) is 2.77. The van der Waals surface area contributed by atoms with Crippen molar-refractivity contribution in [2.24, 2.45) is 5.73 Å². The molecule has 1 aliphatic heterocycles. The molecule has 0 unspecified atom stereocenters. The molecule has 4 atom stereocenters. The van der Waals surface area contributed by atoms with Crippen LogP contribution in [0.5, 0.6) is 0 Å². The van der Waals surface area contributed by atoms with Gasteiger partial charge in [0.1, 0.15) is 24.1 Å². The summed E-state index contributed by atoms with van der Waals surface area (Å²) in [6.07, 6.45) is -2.78. The van der Waals surface area contributed by atoms with E-state index in [9.17, 15) is 15.0 Å². The molecule has 3 rings (SSSR count). The number of imidazole rings is 1. The molecule has 1 aromatic heterocycles. The number of anilines is 1. The van der Waals surface area contributed by atoms with Gasteiger partial charge in [0.15, 0.2) is 11.9 Å². The molecule has 1 fully saturated rings. The summed E-state index contributed by atoms with van der Waals surface area (Å²) >= 11 is 5.82. The minimum absolute atomic E-state index is 0. The molecule has 2 aromatic rings. The van der Waals surface area contributed by atoms with Gasteiger partial charge in [-0.25, -0.2) is 4.98 Å². The van der Waals surface area contributed by atoms with Gasteiger partial charge in [0.05, 0.1) is 6.33 Å². The smallest absolute Gasteiger partial charge is 0.273 e. The van der Waals surface area contributed by atoms with Crippen molar-refractivity contribution < 1.29 is 19.7 Å². The van der Waals surface area contributed by atoms with E-state index in [1.807, 2.05) is 0 Å². The zero-order valence-electron chi connectivity index (χ0n) is 14.2. The number of aliphatic hydroxyl groups is 2. The molecule has 27 heavy (non-hydrogen) atoms. The number of nitrogen functional groups attached to an aromatic ring is 1. The predicted molar refractivity (Wildman–Crippen MR) is 101 cm³/mol. The molecule has 9 nitrogen and oxygen atoms in total. The second-order valence-corrected chi connectivity index (χ2v) is 6.41. The molecule has 1 amide bonds. The van der Waals surface area contributed by atoms with Gasteiger partial charge in [-0.3, -0.25) is 9.36 Å². The lowest BCUT2D eigenvalue weighted by Gasteiger charge is -2.17. The summed E-state index contributed by atoms with van der Waals surface area (Å²) in [7, 11) is 0. The van der Waals surface area contributed by atoms with Gasteiger partial charge < -0.3 is 31.7 Å². The number of rotatable bonds is 5. The van der Waals surface area contributed by atoms with Crippen molar-refractivity contribution >= 4 is 35.7 Å². The number of nitrogens with zero attached hydrogens (tertiary/aromatic N) is 2. The number of hydrogen-bond acceptors (Lipinski definition) is 7. The Kier molecular flexibility index (Phi) is 7.04. The Morgan fingerprint density at radius 1 is 1.30 bits per heavy atom.